The quantitative estimate of drug-likeness (QED) is 0.709. The second kappa shape index (κ2) is 8.96. The van der Waals surface area contributed by atoms with Gasteiger partial charge in [-0.2, -0.15) is 18.4 Å². The average molecular weight is 450 g/mol. The summed E-state index contributed by atoms with van der Waals surface area (Å²) in [5, 5.41) is 19.0. The Balaban J connectivity index is 1.85. The lowest BCUT2D eigenvalue weighted by molar-refractivity contribution is -0.141. The van der Waals surface area contributed by atoms with Gasteiger partial charge in [0.25, 0.3) is 0 Å². The first-order valence-corrected chi connectivity index (χ1v) is 9.72. The molecule has 1 atom stereocenters. The Labute approximate surface area is 181 Å². The van der Waals surface area contributed by atoms with Crippen molar-refractivity contribution in [3.63, 3.8) is 0 Å². The highest BCUT2D eigenvalue weighted by atomic mass is 19.4. The Hall–Kier alpha value is -3.46. The highest BCUT2D eigenvalue weighted by molar-refractivity contribution is 5.65. The number of nitriles is 1. The average Bonchev–Trinajstić information content (AvgIpc) is 2.77. The van der Waals surface area contributed by atoms with Gasteiger partial charge in [0.1, 0.15) is 18.1 Å². The van der Waals surface area contributed by atoms with Gasteiger partial charge >= 0.3 is 12.3 Å². The van der Waals surface area contributed by atoms with Gasteiger partial charge in [0.05, 0.1) is 11.8 Å². The number of hydrogen-bond acceptors (Lipinski definition) is 7. The van der Waals surface area contributed by atoms with Crippen LogP contribution in [0.25, 0.3) is 0 Å². The van der Waals surface area contributed by atoms with E-state index in [0.29, 0.717) is 37.4 Å². The molecule has 2 aromatic heterocycles. The van der Waals surface area contributed by atoms with Crippen molar-refractivity contribution in [1.29, 1.82) is 5.26 Å². The van der Waals surface area contributed by atoms with Gasteiger partial charge in [0.15, 0.2) is 5.54 Å². The molecule has 0 bridgehead atoms. The third-order valence-electron chi connectivity index (χ3n) is 5.23. The molecule has 1 saturated heterocycles. The SMILES string of the molecule is Cc1ncc(C(N)(C#N)COc2cccc(C(F)(F)F)n2)c(C2CCN(C(=O)O)CC2)n1. The molecule has 9 nitrogen and oxygen atoms in total. The van der Waals surface area contributed by atoms with Crippen LogP contribution in [0.1, 0.15) is 41.5 Å². The van der Waals surface area contributed by atoms with Crippen LogP contribution >= 0.6 is 0 Å². The van der Waals surface area contributed by atoms with Crippen LogP contribution in [0.2, 0.25) is 0 Å². The zero-order valence-electron chi connectivity index (χ0n) is 17.1. The van der Waals surface area contributed by atoms with Gasteiger partial charge < -0.3 is 20.5 Å². The number of aromatic nitrogens is 3. The van der Waals surface area contributed by atoms with Crippen LogP contribution in [0.15, 0.2) is 24.4 Å². The van der Waals surface area contributed by atoms with Crippen molar-refractivity contribution in [2.45, 2.75) is 37.4 Å². The number of alkyl halides is 3. The number of carboxylic acid groups (broad SMARTS) is 1. The minimum absolute atomic E-state index is 0.162. The van der Waals surface area contributed by atoms with Gasteiger partial charge in [-0.3, -0.25) is 0 Å². The standard InChI is InChI=1S/C20H21F3N6O3/c1-12-26-9-14(17(27-12)13-5-7-29(8-6-13)18(30)31)19(25,10-24)11-32-16-4-2-3-15(28-16)20(21,22)23/h2-4,9,13H,5-8,11,25H2,1H3,(H,30,31). The first-order valence-electron chi connectivity index (χ1n) is 9.72. The van der Waals surface area contributed by atoms with Crippen LogP contribution in [0.3, 0.4) is 0 Å². The molecule has 0 aliphatic carbocycles. The molecular weight excluding hydrogens is 429 g/mol. The molecule has 1 aliphatic heterocycles. The van der Waals surface area contributed by atoms with Crippen molar-refractivity contribution in [2.75, 3.05) is 19.7 Å². The van der Waals surface area contributed by atoms with E-state index >= 15 is 0 Å². The second-order valence-electron chi connectivity index (χ2n) is 7.49. The number of likely N-dealkylation sites (tertiary alicyclic amines) is 1. The number of rotatable bonds is 5. The Kier molecular flexibility index (Phi) is 6.50. The van der Waals surface area contributed by atoms with Gasteiger partial charge in [-0.05, 0) is 25.8 Å². The van der Waals surface area contributed by atoms with Crippen LogP contribution in [0, 0.1) is 18.3 Å². The van der Waals surface area contributed by atoms with E-state index < -0.39 is 30.1 Å². The first-order chi connectivity index (χ1) is 15.0. The van der Waals surface area contributed by atoms with Gasteiger partial charge in [-0.15, -0.1) is 0 Å². The summed E-state index contributed by atoms with van der Waals surface area (Å²) in [4.78, 5) is 24.5. The van der Waals surface area contributed by atoms with Crippen LogP contribution in [-0.4, -0.2) is 50.7 Å². The molecule has 1 amide bonds. The van der Waals surface area contributed by atoms with Crippen molar-refractivity contribution < 1.29 is 27.8 Å². The summed E-state index contributed by atoms with van der Waals surface area (Å²) in [6.07, 6.45) is -3.28. The summed E-state index contributed by atoms with van der Waals surface area (Å²) in [6.45, 7) is 1.80. The Morgan fingerprint density at radius 3 is 2.62 bits per heavy atom. The molecular formula is C20H21F3N6O3. The summed E-state index contributed by atoms with van der Waals surface area (Å²) in [7, 11) is 0. The molecule has 1 aliphatic rings. The Morgan fingerprint density at radius 2 is 2.03 bits per heavy atom. The monoisotopic (exact) mass is 450 g/mol. The molecule has 32 heavy (non-hydrogen) atoms. The summed E-state index contributed by atoms with van der Waals surface area (Å²) >= 11 is 0. The van der Waals surface area contributed by atoms with Crippen molar-refractivity contribution in [1.82, 2.24) is 19.9 Å². The number of amides is 1. The molecule has 1 fully saturated rings. The fourth-order valence-electron chi connectivity index (χ4n) is 3.50. The fourth-order valence-corrected chi connectivity index (χ4v) is 3.50. The predicted octanol–water partition coefficient (Wildman–Crippen LogP) is 2.81. The number of nitrogens with zero attached hydrogens (tertiary/aromatic N) is 5. The molecule has 2 aromatic rings. The predicted molar refractivity (Wildman–Crippen MR) is 105 cm³/mol. The Bertz CT molecular complexity index is 1030. The van der Waals surface area contributed by atoms with E-state index in [9.17, 15) is 23.2 Å². The highest BCUT2D eigenvalue weighted by Crippen LogP contribution is 2.33. The maximum atomic E-state index is 12.9. The fraction of sp³-hybridized carbons (Fsp3) is 0.450. The van der Waals surface area contributed by atoms with Crippen LogP contribution in [0.4, 0.5) is 18.0 Å². The maximum Gasteiger partial charge on any atom is 0.433 e. The van der Waals surface area contributed by atoms with E-state index in [1.807, 2.05) is 6.07 Å². The van der Waals surface area contributed by atoms with Crippen LogP contribution in [0.5, 0.6) is 5.88 Å². The van der Waals surface area contributed by atoms with Gasteiger partial charge in [0, 0.05) is 36.8 Å². The molecule has 0 saturated carbocycles. The van der Waals surface area contributed by atoms with Crippen molar-refractivity contribution in [2.24, 2.45) is 5.73 Å². The van der Waals surface area contributed by atoms with Gasteiger partial charge in [-0.1, -0.05) is 6.07 Å². The lowest BCUT2D eigenvalue weighted by Crippen LogP contribution is -2.44. The van der Waals surface area contributed by atoms with E-state index in [1.54, 1.807) is 6.92 Å². The van der Waals surface area contributed by atoms with E-state index in [0.717, 1.165) is 12.1 Å². The topological polar surface area (TPSA) is 138 Å². The van der Waals surface area contributed by atoms with Gasteiger partial charge in [0.2, 0.25) is 5.88 Å². The smallest absolute Gasteiger partial charge is 0.433 e. The summed E-state index contributed by atoms with van der Waals surface area (Å²) in [6, 6.07) is 5.14. The van der Waals surface area contributed by atoms with E-state index in [4.69, 9.17) is 15.6 Å². The zero-order valence-corrected chi connectivity index (χ0v) is 17.1. The molecule has 0 radical (unpaired) electrons. The summed E-state index contributed by atoms with van der Waals surface area (Å²) in [5.74, 6) is -0.0373. The number of aryl methyl sites for hydroxylation is 1. The maximum absolute atomic E-state index is 12.9. The Morgan fingerprint density at radius 1 is 1.34 bits per heavy atom. The number of nitrogens with two attached hydrogens (primary N) is 1. The molecule has 3 N–H and O–H groups in total. The molecule has 0 aromatic carbocycles. The lowest BCUT2D eigenvalue weighted by Gasteiger charge is -2.32. The van der Waals surface area contributed by atoms with Crippen LogP contribution < -0.4 is 10.5 Å². The third kappa shape index (κ3) is 5.05. The largest absolute Gasteiger partial charge is 0.474 e. The lowest BCUT2D eigenvalue weighted by atomic mass is 9.84. The van der Waals surface area contributed by atoms with Crippen molar-refractivity contribution >= 4 is 6.09 Å². The minimum Gasteiger partial charge on any atom is -0.474 e. The number of hydrogen-bond donors (Lipinski definition) is 2. The second-order valence-corrected chi connectivity index (χ2v) is 7.49. The number of piperidine rings is 1. The normalized spacial score (nSPS) is 16.8. The van der Waals surface area contributed by atoms with E-state index in [-0.39, 0.29) is 17.4 Å². The van der Waals surface area contributed by atoms with Gasteiger partial charge in [-0.25, -0.2) is 19.7 Å². The molecule has 3 rings (SSSR count). The van der Waals surface area contributed by atoms with E-state index in [2.05, 4.69) is 15.0 Å². The summed E-state index contributed by atoms with van der Waals surface area (Å²) < 4.78 is 44.1. The van der Waals surface area contributed by atoms with Crippen molar-refractivity contribution in [3.8, 4) is 11.9 Å². The van der Waals surface area contributed by atoms with Crippen molar-refractivity contribution in [3.05, 3.63) is 47.2 Å². The molecule has 1 unspecified atom stereocenters. The molecule has 0 spiro atoms. The third-order valence-corrected chi connectivity index (χ3v) is 5.23. The van der Waals surface area contributed by atoms with E-state index in [1.165, 1.54) is 17.2 Å². The number of pyridine rings is 1. The number of halogens is 3. The first kappa shape index (κ1) is 23.2. The molecule has 170 valence electrons. The van der Waals surface area contributed by atoms with Crippen LogP contribution in [-0.2, 0) is 11.7 Å². The zero-order chi connectivity index (χ0) is 23.5. The minimum atomic E-state index is -4.64. The summed E-state index contributed by atoms with van der Waals surface area (Å²) in [5.41, 5.74) is 4.21. The molecule has 3 heterocycles. The number of ether oxygens (including phenoxy) is 1. The molecule has 12 heteroatoms. The highest BCUT2D eigenvalue weighted by Gasteiger charge is 2.37. The number of carbonyl (C=O) groups is 1.